The number of benzene rings is 1. The molecule has 1 aromatic rings. The van der Waals surface area contributed by atoms with Crippen molar-refractivity contribution in [1.82, 2.24) is 10.2 Å². The lowest BCUT2D eigenvalue weighted by Gasteiger charge is -2.17. The molecule has 18 heavy (non-hydrogen) atoms. The number of amides is 1. The van der Waals surface area contributed by atoms with Crippen molar-refractivity contribution in [3.05, 3.63) is 30.3 Å². The zero-order chi connectivity index (χ0) is 12.5. The summed E-state index contributed by atoms with van der Waals surface area (Å²) in [5.41, 5.74) is 0. The van der Waals surface area contributed by atoms with E-state index in [9.17, 15) is 4.79 Å². The van der Waals surface area contributed by atoms with E-state index in [1.54, 1.807) is 11.9 Å². The first-order valence-electron chi connectivity index (χ1n) is 5.80. The maximum absolute atomic E-state index is 11.6. The molecular formula is C13H21ClN2O2. The minimum atomic E-state index is 0. The molecule has 0 unspecified atom stereocenters. The van der Waals surface area contributed by atoms with Gasteiger partial charge in [0.2, 0.25) is 5.91 Å². The number of nitrogens with one attached hydrogen (secondary N) is 1. The average Bonchev–Trinajstić information content (AvgIpc) is 2.37. The summed E-state index contributed by atoms with van der Waals surface area (Å²) < 4.78 is 5.52. The molecule has 0 aliphatic heterocycles. The number of likely N-dealkylation sites (N-methyl/N-ethyl adjacent to an activating group) is 1. The lowest BCUT2D eigenvalue weighted by Crippen LogP contribution is -2.32. The van der Waals surface area contributed by atoms with Crippen LogP contribution in [-0.4, -0.2) is 44.6 Å². The van der Waals surface area contributed by atoms with Crippen molar-refractivity contribution < 1.29 is 9.53 Å². The van der Waals surface area contributed by atoms with Gasteiger partial charge >= 0.3 is 0 Å². The third kappa shape index (κ3) is 6.47. The van der Waals surface area contributed by atoms with Crippen LogP contribution in [0.5, 0.6) is 5.75 Å². The molecule has 0 fully saturated rings. The van der Waals surface area contributed by atoms with E-state index in [0.29, 0.717) is 26.1 Å². The Hall–Kier alpha value is -1.26. The minimum absolute atomic E-state index is 0. The Morgan fingerprint density at radius 2 is 2.00 bits per heavy atom. The lowest BCUT2D eigenvalue weighted by molar-refractivity contribution is -0.130. The van der Waals surface area contributed by atoms with Gasteiger partial charge in [0.15, 0.2) is 0 Å². The molecule has 0 aliphatic rings. The summed E-state index contributed by atoms with van der Waals surface area (Å²) in [5.74, 6) is 0.972. The number of carbonyl (C=O) groups is 1. The van der Waals surface area contributed by atoms with Crippen LogP contribution in [0.1, 0.15) is 6.42 Å². The number of rotatable bonds is 7. The summed E-state index contributed by atoms with van der Waals surface area (Å²) in [6.45, 7) is 1.84. The fourth-order valence-corrected chi connectivity index (χ4v) is 1.36. The normalized spacial score (nSPS) is 9.44. The van der Waals surface area contributed by atoms with E-state index in [1.807, 2.05) is 37.4 Å². The van der Waals surface area contributed by atoms with Crippen LogP contribution >= 0.6 is 12.4 Å². The number of ether oxygens (including phenoxy) is 1. The van der Waals surface area contributed by atoms with E-state index >= 15 is 0 Å². The minimum Gasteiger partial charge on any atom is -0.492 e. The van der Waals surface area contributed by atoms with Crippen LogP contribution in [0.2, 0.25) is 0 Å². The highest BCUT2D eigenvalue weighted by Gasteiger charge is 2.07. The molecule has 1 amide bonds. The Balaban J connectivity index is 0.00000289. The van der Waals surface area contributed by atoms with Crippen molar-refractivity contribution >= 4 is 18.3 Å². The van der Waals surface area contributed by atoms with E-state index < -0.39 is 0 Å². The molecule has 1 rings (SSSR count). The maximum Gasteiger partial charge on any atom is 0.223 e. The average molecular weight is 273 g/mol. The number of halogens is 1. The monoisotopic (exact) mass is 272 g/mol. The standard InChI is InChI=1S/C13H20N2O2.ClH/c1-14-9-8-13(16)15(2)10-11-17-12-6-4-3-5-7-12;/h3-7,14H,8-11H2,1-2H3;1H. The third-order valence-electron chi connectivity index (χ3n) is 2.45. The molecule has 0 radical (unpaired) electrons. The Kier molecular flexibility index (Phi) is 9.06. The topological polar surface area (TPSA) is 41.6 Å². The second-order valence-corrected chi connectivity index (χ2v) is 3.83. The Morgan fingerprint density at radius 1 is 1.33 bits per heavy atom. The highest BCUT2D eigenvalue weighted by Crippen LogP contribution is 2.07. The molecule has 0 bridgehead atoms. The van der Waals surface area contributed by atoms with Gasteiger partial charge in [-0.1, -0.05) is 18.2 Å². The van der Waals surface area contributed by atoms with E-state index in [1.165, 1.54) is 0 Å². The molecule has 0 spiro atoms. The molecule has 102 valence electrons. The van der Waals surface area contributed by atoms with Crippen molar-refractivity contribution in [2.24, 2.45) is 0 Å². The van der Waals surface area contributed by atoms with Gasteiger partial charge in [0.1, 0.15) is 12.4 Å². The first-order valence-corrected chi connectivity index (χ1v) is 5.80. The number of nitrogens with zero attached hydrogens (tertiary/aromatic N) is 1. The van der Waals surface area contributed by atoms with Gasteiger partial charge in [-0.2, -0.15) is 0 Å². The summed E-state index contributed by atoms with van der Waals surface area (Å²) in [7, 11) is 3.64. The lowest BCUT2D eigenvalue weighted by atomic mass is 10.3. The van der Waals surface area contributed by atoms with Gasteiger partial charge in [0, 0.05) is 20.0 Å². The number of para-hydroxylation sites is 1. The van der Waals surface area contributed by atoms with E-state index in [-0.39, 0.29) is 18.3 Å². The summed E-state index contributed by atoms with van der Waals surface area (Å²) in [4.78, 5) is 13.3. The Morgan fingerprint density at radius 3 is 2.61 bits per heavy atom. The number of hydrogen-bond acceptors (Lipinski definition) is 3. The summed E-state index contributed by atoms with van der Waals surface area (Å²) in [5, 5.41) is 2.96. The number of hydrogen-bond donors (Lipinski definition) is 1. The van der Waals surface area contributed by atoms with Gasteiger partial charge in [-0.05, 0) is 19.2 Å². The summed E-state index contributed by atoms with van der Waals surface area (Å²) in [6, 6.07) is 9.61. The van der Waals surface area contributed by atoms with Crippen molar-refractivity contribution in [3.63, 3.8) is 0 Å². The second-order valence-electron chi connectivity index (χ2n) is 3.83. The zero-order valence-electron chi connectivity index (χ0n) is 10.9. The maximum atomic E-state index is 11.6. The molecule has 0 saturated heterocycles. The van der Waals surface area contributed by atoms with Crippen LogP contribution in [0.25, 0.3) is 0 Å². The van der Waals surface area contributed by atoms with E-state index in [2.05, 4.69) is 5.32 Å². The van der Waals surface area contributed by atoms with Gasteiger partial charge in [0.05, 0.1) is 6.54 Å². The molecule has 0 aliphatic carbocycles. The third-order valence-corrected chi connectivity index (χ3v) is 2.45. The predicted octanol–water partition coefficient (Wildman–Crippen LogP) is 1.56. The van der Waals surface area contributed by atoms with Crippen LogP contribution < -0.4 is 10.1 Å². The van der Waals surface area contributed by atoms with Crippen LogP contribution in [0.3, 0.4) is 0 Å². The van der Waals surface area contributed by atoms with E-state index in [0.717, 1.165) is 5.75 Å². The van der Waals surface area contributed by atoms with Gasteiger partial charge in [-0.15, -0.1) is 12.4 Å². The predicted molar refractivity (Wildman–Crippen MR) is 75.4 cm³/mol. The van der Waals surface area contributed by atoms with Gasteiger partial charge in [0.25, 0.3) is 0 Å². The first kappa shape index (κ1) is 16.7. The smallest absolute Gasteiger partial charge is 0.223 e. The molecule has 1 N–H and O–H groups in total. The molecular weight excluding hydrogens is 252 g/mol. The van der Waals surface area contributed by atoms with Gasteiger partial charge in [-0.25, -0.2) is 0 Å². The van der Waals surface area contributed by atoms with Gasteiger partial charge in [-0.3, -0.25) is 4.79 Å². The quantitative estimate of drug-likeness (QED) is 0.819. The molecule has 5 heteroatoms. The molecule has 0 atom stereocenters. The number of carbonyl (C=O) groups excluding carboxylic acids is 1. The molecule has 0 saturated carbocycles. The Labute approximate surface area is 115 Å². The highest BCUT2D eigenvalue weighted by molar-refractivity contribution is 5.85. The summed E-state index contributed by atoms with van der Waals surface area (Å²) in [6.07, 6.45) is 0.526. The fraction of sp³-hybridized carbons (Fsp3) is 0.462. The van der Waals surface area contributed by atoms with Crippen molar-refractivity contribution in [3.8, 4) is 5.75 Å². The Bertz CT molecular complexity index is 333. The molecule has 0 heterocycles. The van der Waals surface area contributed by atoms with Crippen LogP contribution in [-0.2, 0) is 4.79 Å². The van der Waals surface area contributed by atoms with Gasteiger partial charge < -0.3 is 15.0 Å². The van der Waals surface area contributed by atoms with Crippen molar-refractivity contribution in [2.45, 2.75) is 6.42 Å². The summed E-state index contributed by atoms with van der Waals surface area (Å²) >= 11 is 0. The molecule has 4 nitrogen and oxygen atoms in total. The van der Waals surface area contributed by atoms with Crippen molar-refractivity contribution in [2.75, 3.05) is 33.8 Å². The largest absolute Gasteiger partial charge is 0.492 e. The second kappa shape index (κ2) is 9.74. The SMILES string of the molecule is CNCCC(=O)N(C)CCOc1ccccc1.Cl. The van der Waals surface area contributed by atoms with Crippen LogP contribution in [0.4, 0.5) is 0 Å². The highest BCUT2D eigenvalue weighted by atomic mass is 35.5. The van der Waals surface area contributed by atoms with Crippen LogP contribution in [0, 0.1) is 0 Å². The van der Waals surface area contributed by atoms with Crippen molar-refractivity contribution in [1.29, 1.82) is 0 Å². The van der Waals surface area contributed by atoms with Crippen LogP contribution in [0.15, 0.2) is 30.3 Å². The first-order chi connectivity index (χ1) is 8.24. The van der Waals surface area contributed by atoms with E-state index in [4.69, 9.17) is 4.74 Å². The molecule has 1 aromatic carbocycles. The fourth-order valence-electron chi connectivity index (χ4n) is 1.36. The zero-order valence-corrected chi connectivity index (χ0v) is 11.7. The molecule has 0 aromatic heterocycles.